The van der Waals surface area contributed by atoms with Crippen LogP contribution in [0, 0.1) is 21.4 Å². The zero-order chi connectivity index (χ0) is 19.6. The zero-order valence-corrected chi connectivity index (χ0v) is 15.6. The molecule has 0 radical (unpaired) electrons. The van der Waals surface area contributed by atoms with Crippen LogP contribution in [0.2, 0.25) is 0 Å². The third kappa shape index (κ3) is 2.57. The largest absolute Gasteiger partial charge is 0.422 e. The van der Waals surface area contributed by atoms with Gasteiger partial charge in [0.25, 0.3) is 11.5 Å². The molecule has 0 saturated carbocycles. The molecule has 3 heterocycles. The molecule has 144 valence electrons. The summed E-state index contributed by atoms with van der Waals surface area (Å²) in [6, 6.07) is 4.25. The first-order valence-electron chi connectivity index (χ1n) is 9.15. The van der Waals surface area contributed by atoms with Gasteiger partial charge in [-0.1, -0.05) is 6.92 Å². The summed E-state index contributed by atoms with van der Waals surface area (Å²) in [6.45, 7) is 5.82. The SMILES string of the molecule is CC1CCN2c3ccc([N+](=O)[O-])cc3CC3(C(=O)OC(C)(C)OC3=O)C2C1. The molecule has 2 atom stereocenters. The van der Waals surface area contributed by atoms with Crippen molar-refractivity contribution in [3.05, 3.63) is 33.9 Å². The van der Waals surface area contributed by atoms with Gasteiger partial charge in [0.15, 0.2) is 5.41 Å². The molecule has 1 spiro atoms. The topological polar surface area (TPSA) is 99.0 Å². The maximum absolute atomic E-state index is 13.1. The molecule has 0 aromatic heterocycles. The second kappa shape index (κ2) is 5.68. The third-order valence-corrected chi connectivity index (χ3v) is 5.89. The van der Waals surface area contributed by atoms with Crippen molar-refractivity contribution in [2.24, 2.45) is 11.3 Å². The first-order chi connectivity index (χ1) is 12.6. The Morgan fingerprint density at radius 1 is 1.22 bits per heavy atom. The number of non-ortho nitro benzene ring substituents is 1. The fourth-order valence-electron chi connectivity index (χ4n) is 4.57. The van der Waals surface area contributed by atoms with E-state index in [1.54, 1.807) is 6.07 Å². The van der Waals surface area contributed by atoms with Crippen molar-refractivity contribution in [3.63, 3.8) is 0 Å². The molecule has 2 unspecified atom stereocenters. The predicted molar refractivity (Wildman–Crippen MR) is 95.0 cm³/mol. The molecule has 3 aliphatic rings. The Labute approximate surface area is 156 Å². The Kier molecular flexibility index (Phi) is 3.73. The summed E-state index contributed by atoms with van der Waals surface area (Å²) < 4.78 is 10.9. The minimum atomic E-state index is -1.49. The molecule has 1 aromatic rings. The number of anilines is 1. The molecule has 0 N–H and O–H groups in total. The number of piperidine rings is 1. The highest BCUT2D eigenvalue weighted by molar-refractivity contribution is 6.04. The zero-order valence-electron chi connectivity index (χ0n) is 15.6. The van der Waals surface area contributed by atoms with Gasteiger partial charge in [0.05, 0.1) is 11.0 Å². The smallest absolute Gasteiger partial charge is 0.329 e. The van der Waals surface area contributed by atoms with Gasteiger partial charge in [-0.05, 0) is 30.4 Å². The number of hydrogen-bond acceptors (Lipinski definition) is 7. The summed E-state index contributed by atoms with van der Waals surface area (Å²) in [4.78, 5) is 39.0. The average Bonchev–Trinajstić information content (AvgIpc) is 2.58. The van der Waals surface area contributed by atoms with Crippen LogP contribution in [0.5, 0.6) is 0 Å². The number of cyclic esters (lactones) is 2. The minimum Gasteiger partial charge on any atom is -0.422 e. The maximum atomic E-state index is 13.1. The fraction of sp³-hybridized carbons (Fsp3) is 0.579. The number of carbonyl (C=O) groups excluding carboxylic acids is 2. The van der Waals surface area contributed by atoms with Gasteiger partial charge >= 0.3 is 11.9 Å². The minimum absolute atomic E-state index is 0.0473. The van der Waals surface area contributed by atoms with Crippen LogP contribution in [0.25, 0.3) is 0 Å². The van der Waals surface area contributed by atoms with E-state index in [4.69, 9.17) is 9.47 Å². The molecule has 0 aliphatic carbocycles. The van der Waals surface area contributed by atoms with Crippen molar-refractivity contribution in [3.8, 4) is 0 Å². The highest BCUT2D eigenvalue weighted by Crippen LogP contribution is 2.50. The Hall–Kier alpha value is -2.64. The van der Waals surface area contributed by atoms with E-state index >= 15 is 0 Å². The van der Waals surface area contributed by atoms with Crippen LogP contribution in [0.4, 0.5) is 11.4 Å². The number of nitro benzene ring substituents is 1. The van der Waals surface area contributed by atoms with E-state index in [1.165, 1.54) is 26.0 Å². The van der Waals surface area contributed by atoms with E-state index in [-0.39, 0.29) is 18.2 Å². The van der Waals surface area contributed by atoms with E-state index in [0.29, 0.717) is 24.4 Å². The molecule has 4 rings (SSSR count). The maximum Gasteiger partial charge on any atom is 0.329 e. The second-order valence-corrected chi connectivity index (χ2v) is 8.24. The van der Waals surface area contributed by atoms with Gasteiger partial charge in [-0.3, -0.25) is 19.7 Å². The van der Waals surface area contributed by atoms with E-state index in [0.717, 1.165) is 12.1 Å². The molecular weight excluding hydrogens is 352 g/mol. The lowest BCUT2D eigenvalue weighted by Gasteiger charge is -2.54. The average molecular weight is 374 g/mol. The van der Waals surface area contributed by atoms with Crippen LogP contribution < -0.4 is 4.90 Å². The summed E-state index contributed by atoms with van der Waals surface area (Å²) >= 11 is 0. The predicted octanol–water partition coefficient (Wildman–Crippen LogP) is 2.58. The molecule has 3 aliphatic heterocycles. The number of fused-ring (bicyclic) bond motifs is 4. The lowest BCUT2D eigenvalue weighted by Crippen LogP contribution is -2.67. The lowest BCUT2D eigenvalue weighted by molar-refractivity contribution is -0.384. The Morgan fingerprint density at radius 3 is 2.52 bits per heavy atom. The summed E-state index contributed by atoms with van der Waals surface area (Å²) in [5.41, 5.74) is -0.116. The van der Waals surface area contributed by atoms with Crippen molar-refractivity contribution in [1.82, 2.24) is 0 Å². The number of nitrogens with zero attached hydrogens (tertiary/aromatic N) is 2. The normalized spacial score (nSPS) is 28.0. The van der Waals surface area contributed by atoms with Crippen molar-refractivity contribution in [1.29, 1.82) is 0 Å². The molecule has 2 saturated heterocycles. The number of carbonyl (C=O) groups is 2. The van der Waals surface area contributed by atoms with Crippen molar-refractivity contribution in [2.45, 2.75) is 51.9 Å². The summed E-state index contributed by atoms with van der Waals surface area (Å²) in [5.74, 6) is -2.18. The molecule has 27 heavy (non-hydrogen) atoms. The number of rotatable bonds is 1. The quantitative estimate of drug-likeness (QED) is 0.322. The van der Waals surface area contributed by atoms with Crippen LogP contribution in [-0.2, 0) is 25.5 Å². The Balaban J connectivity index is 1.87. The van der Waals surface area contributed by atoms with Gasteiger partial charge in [-0.15, -0.1) is 0 Å². The van der Waals surface area contributed by atoms with Gasteiger partial charge in [-0.2, -0.15) is 0 Å². The Bertz CT molecular complexity index is 829. The molecule has 0 amide bonds. The summed E-state index contributed by atoms with van der Waals surface area (Å²) in [5, 5.41) is 11.2. The number of benzene rings is 1. The van der Waals surface area contributed by atoms with Crippen LogP contribution in [0.3, 0.4) is 0 Å². The van der Waals surface area contributed by atoms with Crippen molar-refractivity contribution < 1.29 is 24.0 Å². The van der Waals surface area contributed by atoms with Crippen molar-refractivity contribution in [2.75, 3.05) is 11.4 Å². The summed E-state index contributed by atoms with van der Waals surface area (Å²) in [7, 11) is 0. The number of esters is 2. The van der Waals surface area contributed by atoms with Gasteiger partial charge in [-0.25, -0.2) is 0 Å². The molecule has 8 nitrogen and oxygen atoms in total. The number of ether oxygens (including phenoxy) is 2. The van der Waals surface area contributed by atoms with Gasteiger partial charge in [0, 0.05) is 44.6 Å². The van der Waals surface area contributed by atoms with Crippen LogP contribution in [0.15, 0.2) is 18.2 Å². The molecule has 8 heteroatoms. The van der Waals surface area contributed by atoms with Crippen LogP contribution in [-0.4, -0.2) is 35.2 Å². The number of nitro groups is 1. The van der Waals surface area contributed by atoms with E-state index in [1.807, 2.05) is 4.90 Å². The molecular formula is C19H22N2O6. The van der Waals surface area contributed by atoms with Gasteiger partial charge in [0.2, 0.25) is 0 Å². The number of hydrogen-bond donors (Lipinski definition) is 0. The first-order valence-corrected chi connectivity index (χ1v) is 9.15. The molecule has 0 bridgehead atoms. The first kappa shape index (κ1) is 17.8. The van der Waals surface area contributed by atoms with Gasteiger partial charge < -0.3 is 14.4 Å². The van der Waals surface area contributed by atoms with E-state index in [9.17, 15) is 19.7 Å². The molecule has 1 aromatic carbocycles. The van der Waals surface area contributed by atoms with E-state index in [2.05, 4.69) is 6.92 Å². The van der Waals surface area contributed by atoms with Crippen molar-refractivity contribution >= 4 is 23.3 Å². The van der Waals surface area contributed by atoms with E-state index < -0.39 is 28.1 Å². The fourth-order valence-corrected chi connectivity index (χ4v) is 4.57. The highest BCUT2D eigenvalue weighted by atomic mass is 16.7. The lowest BCUT2D eigenvalue weighted by atomic mass is 9.66. The standard InChI is InChI=1S/C19H22N2O6/c1-11-6-7-20-14-5-4-13(21(24)25)9-12(14)10-19(15(20)8-11)16(22)26-18(2,3)27-17(19)23/h4-5,9,11,15H,6-8,10H2,1-3H3. The second-order valence-electron chi connectivity index (χ2n) is 8.24. The molecule has 2 fully saturated rings. The van der Waals surface area contributed by atoms with Crippen LogP contribution in [0.1, 0.15) is 39.2 Å². The summed E-state index contributed by atoms with van der Waals surface area (Å²) in [6.07, 6.45) is 1.62. The Morgan fingerprint density at radius 2 is 1.89 bits per heavy atom. The van der Waals surface area contributed by atoms with Gasteiger partial charge in [0.1, 0.15) is 0 Å². The highest BCUT2D eigenvalue weighted by Gasteiger charge is 2.64. The van der Waals surface area contributed by atoms with Crippen LogP contribution >= 0.6 is 0 Å². The monoisotopic (exact) mass is 374 g/mol. The third-order valence-electron chi connectivity index (χ3n) is 5.89.